The summed E-state index contributed by atoms with van der Waals surface area (Å²) in [6, 6.07) is 0. The molecule has 3 nitrogen and oxygen atoms in total. The monoisotopic (exact) mass is 125 g/mol. The first kappa shape index (κ1) is 6.01. The van der Waals surface area contributed by atoms with Gasteiger partial charge < -0.3 is 0 Å². The van der Waals surface area contributed by atoms with Gasteiger partial charge in [-0.2, -0.15) is 0 Å². The number of nitro groups is 1. The molecule has 0 aromatic rings. The van der Waals surface area contributed by atoms with Gasteiger partial charge >= 0.3 is 0 Å². The van der Waals surface area contributed by atoms with Gasteiger partial charge in [0.2, 0.25) is 0 Å². The quantitative estimate of drug-likeness (QED) is 0.392. The highest BCUT2D eigenvalue weighted by molar-refractivity contribution is 5.22. The first-order valence-electron chi connectivity index (χ1n) is 2.74. The van der Waals surface area contributed by atoms with E-state index >= 15 is 0 Å². The predicted octanol–water partition coefficient (Wildman–Crippen LogP) is 1.35. The third kappa shape index (κ3) is 1.16. The van der Waals surface area contributed by atoms with Crippen molar-refractivity contribution < 1.29 is 4.92 Å². The van der Waals surface area contributed by atoms with Crippen LogP contribution in [0.4, 0.5) is 0 Å². The van der Waals surface area contributed by atoms with Crippen LogP contribution in [0, 0.1) is 16.0 Å². The lowest BCUT2D eigenvalue weighted by Crippen LogP contribution is -1.92. The van der Waals surface area contributed by atoms with Gasteiger partial charge in [-0.25, -0.2) is 0 Å². The largest absolute Gasteiger partial charge is 0.265 e. The van der Waals surface area contributed by atoms with Crippen molar-refractivity contribution in [3.05, 3.63) is 34.0 Å². The van der Waals surface area contributed by atoms with Gasteiger partial charge in [0.15, 0.2) is 0 Å². The first-order valence-corrected chi connectivity index (χ1v) is 2.74. The van der Waals surface area contributed by atoms with Crippen LogP contribution in [-0.2, 0) is 0 Å². The number of allylic oxidation sites excluding steroid dienone is 3. The fourth-order valence-corrected chi connectivity index (χ4v) is 0.753. The Balaban J connectivity index is 2.75. The van der Waals surface area contributed by atoms with E-state index in [0.717, 1.165) is 0 Å². The Morgan fingerprint density at radius 3 is 2.67 bits per heavy atom. The van der Waals surface area contributed by atoms with Gasteiger partial charge in [-0.05, 0) is 5.92 Å². The average Bonchev–Trinajstić information content (AvgIpc) is 2.14. The van der Waals surface area contributed by atoms with E-state index in [4.69, 9.17) is 0 Å². The molecule has 0 aliphatic heterocycles. The van der Waals surface area contributed by atoms with Crippen molar-refractivity contribution >= 4 is 0 Å². The molecule has 0 aromatic carbocycles. The summed E-state index contributed by atoms with van der Waals surface area (Å²) >= 11 is 0. The minimum atomic E-state index is -0.375. The molecule has 0 saturated heterocycles. The van der Waals surface area contributed by atoms with Gasteiger partial charge in [0, 0.05) is 12.2 Å². The van der Waals surface area contributed by atoms with Crippen LogP contribution in [-0.4, -0.2) is 4.92 Å². The molecule has 0 fully saturated rings. The second-order valence-electron chi connectivity index (χ2n) is 2.07. The summed E-state index contributed by atoms with van der Waals surface area (Å²) in [4.78, 5) is 9.66. The van der Waals surface area contributed by atoms with Gasteiger partial charge in [-0.3, -0.25) is 10.1 Å². The molecule has 0 radical (unpaired) electrons. The molecule has 0 heterocycles. The zero-order chi connectivity index (χ0) is 6.85. The standard InChI is InChI=1S/C6H7NO2/c1-5-2-3-6(4-5)7(8)9/h2-5H,1H3/t5-/m0/s1. The SMILES string of the molecule is C[C@H]1C=CC([N+](=O)[O-])=C1. The van der Waals surface area contributed by atoms with Gasteiger partial charge in [-0.15, -0.1) is 0 Å². The molecule has 0 unspecified atom stereocenters. The molecule has 0 N–H and O–H groups in total. The number of hydrogen-bond donors (Lipinski definition) is 0. The Kier molecular flexibility index (Phi) is 1.34. The highest BCUT2D eigenvalue weighted by Crippen LogP contribution is 2.14. The molecule has 0 aromatic heterocycles. The molecule has 9 heavy (non-hydrogen) atoms. The summed E-state index contributed by atoms with van der Waals surface area (Å²) in [6.07, 6.45) is 4.96. The van der Waals surface area contributed by atoms with Crippen molar-refractivity contribution in [3.63, 3.8) is 0 Å². The van der Waals surface area contributed by atoms with Crippen molar-refractivity contribution in [2.75, 3.05) is 0 Å². The number of rotatable bonds is 1. The van der Waals surface area contributed by atoms with Crippen molar-refractivity contribution in [2.24, 2.45) is 5.92 Å². The summed E-state index contributed by atoms with van der Waals surface area (Å²) in [7, 11) is 0. The molecule has 48 valence electrons. The lowest BCUT2D eigenvalue weighted by atomic mass is 10.2. The third-order valence-electron chi connectivity index (χ3n) is 1.22. The van der Waals surface area contributed by atoms with Crippen LogP contribution in [0.5, 0.6) is 0 Å². The topological polar surface area (TPSA) is 43.1 Å². The summed E-state index contributed by atoms with van der Waals surface area (Å²) < 4.78 is 0. The van der Waals surface area contributed by atoms with Crippen molar-refractivity contribution in [1.82, 2.24) is 0 Å². The maximum atomic E-state index is 10.0. The van der Waals surface area contributed by atoms with E-state index in [1.165, 1.54) is 6.08 Å². The minimum Gasteiger partial charge on any atom is -0.258 e. The third-order valence-corrected chi connectivity index (χ3v) is 1.22. The molecule has 0 saturated carbocycles. The maximum Gasteiger partial charge on any atom is 0.265 e. The molecule has 0 spiro atoms. The summed E-state index contributed by atoms with van der Waals surface area (Å²) in [5.41, 5.74) is 0.211. The van der Waals surface area contributed by atoms with Gasteiger partial charge in [0.25, 0.3) is 5.70 Å². The molecule has 1 rings (SSSR count). The van der Waals surface area contributed by atoms with Crippen LogP contribution in [0.25, 0.3) is 0 Å². The maximum absolute atomic E-state index is 10.0. The Hall–Kier alpha value is -1.12. The molecular weight excluding hydrogens is 118 g/mol. The van der Waals surface area contributed by atoms with Crippen molar-refractivity contribution in [2.45, 2.75) is 6.92 Å². The zero-order valence-electron chi connectivity index (χ0n) is 5.07. The predicted molar refractivity (Wildman–Crippen MR) is 33.4 cm³/mol. The van der Waals surface area contributed by atoms with E-state index in [9.17, 15) is 10.1 Å². The summed E-state index contributed by atoms with van der Waals surface area (Å²) in [5.74, 6) is 0.227. The summed E-state index contributed by atoms with van der Waals surface area (Å²) in [5, 5.41) is 10.0. The van der Waals surface area contributed by atoms with Crippen LogP contribution in [0.1, 0.15) is 6.92 Å². The van der Waals surface area contributed by atoms with Crippen LogP contribution in [0.3, 0.4) is 0 Å². The Morgan fingerprint density at radius 1 is 1.78 bits per heavy atom. The summed E-state index contributed by atoms with van der Waals surface area (Å²) in [6.45, 7) is 1.91. The van der Waals surface area contributed by atoms with E-state index in [1.807, 2.05) is 6.92 Å². The second kappa shape index (κ2) is 2.01. The highest BCUT2D eigenvalue weighted by Gasteiger charge is 2.12. The van der Waals surface area contributed by atoms with E-state index < -0.39 is 0 Å². The van der Waals surface area contributed by atoms with Gasteiger partial charge in [0.1, 0.15) is 0 Å². The molecule has 0 amide bonds. The Morgan fingerprint density at radius 2 is 2.44 bits per heavy atom. The first-order chi connectivity index (χ1) is 4.20. The van der Waals surface area contributed by atoms with Crippen LogP contribution in [0.2, 0.25) is 0 Å². The fourth-order valence-electron chi connectivity index (χ4n) is 0.753. The highest BCUT2D eigenvalue weighted by atomic mass is 16.6. The molecular formula is C6H7NO2. The van der Waals surface area contributed by atoms with Crippen LogP contribution >= 0.6 is 0 Å². The molecule has 0 bridgehead atoms. The van der Waals surface area contributed by atoms with E-state index in [2.05, 4.69) is 0 Å². The Bertz CT molecular complexity index is 193. The van der Waals surface area contributed by atoms with Crippen molar-refractivity contribution in [3.8, 4) is 0 Å². The average molecular weight is 125 g/mol. The van der Waals surface area contributed by atoms with E-state index in [1.54, 1.807) is 12.2 Å². The van der Waals surface area contributed by atoms with E-state index in [-0.39, 0.29) is 16.5 Å². The van der Waals surface area contributed by atoms with Crippen molar-refractivity contribution in [1.29, 1.82) is 0 Å². The minimum absolute atomic E-state index is 0.211. The van der Waals surface area contributed by atoms with Gasteiger partial charge in [0.05, 0.1) is 4.92 Å². The number of nitrogens with zero attached hydrogens (tertiary/aromatic N) is 1. The molecule has 1 aliphatic rings. The zero-order valence-corrected chi connectivity index (χ0v) is 5.07. The fraction of sp³-hybridized carbons (Fsp3) is 0.333. The normalized spacial score (nSPS) is 24.1. The van der Waals surface area contributed by atoms with Crippen LogP contribution in [0.15, 0.2) is 23.9 Å². The molecule has 1 aliphatic carbocycles. The lowest BCUT2D eigenvalue weighted by molar-refractivity contribution is -0.418. The lowest BCUT2D eigenvalue weighted by Gasteiger charge is -1.85. The van der Waals surface area contributed by atoms with Crippen LogP contribution < -0.4 is 0 Å². The van der Waals surface area contributed by atoms with E-state index in [0.29, 0.717) is 0 Å². The smallest absolute Gasteiger partial charge is 0.258 e. The number of hydrogen-bond acceptors (Lipinski definition) is 2. The second-order valence-corrected chi connectivity index (χ2v) is 2.07. The van der Waals surface area contributed by atoms with Gasteiger partial charge in [-0.1, -0.05) is 13.0 Å². The Labute approximate surface area is 52.8 Å². The molecule has 1 atom stereocenters. The molecule has 3 heteroatoms.